The Labute approximate surface area is 106 Å². The molecule has 2 rings (SSSR count). The summed E-state index contributed by atoms with van der Waals surface area (Å²) in [6.45, 7) is 3.81. The Morgan fingerprint density at radius 2 is 1.89 bits per heavy atom. The molecule has 6 heteroatoms. The molecule has 18 heavy (non-hydrogen) atoms. The van der Waals surface area contributed by atoms with Crippen molar-refractivity contribution in [1.82, 2.24) is 10.2 Å². The third kappa shape index (κ3) is 2.11. The molecule has 5 nitrogen and oxygen atoms in total. The lowest BCUT2D eigenvalue weighted by Crippen LogP contribution is -2.00. The zero-order valence-corrected chi connectivity index (χ0v) is 11.3. The molecule has 0 saturated carbocycles. The molecule has 0 fully saturated rings. The molecule has 1 aromatic carbocycles. The van der Waals surface area contributed by atoms with Crippen molar-refractivity contribution in [3.63, 3.8) is 0 Å². The van der Waals surface area contributed by atoms with E-state index in [2.05, 4.69) is 10.2 Å². The number of hydrogen-bond donors (Lipinski definition) is 2. The first-order chi connectivity index (χ1) is 8.30. The molecule has 2 aromatic rings. The number of H-pyrrole nitrogens is 1. The summed E-state index contributed by atoms with van der Waals surface area (Å²) < 4.78 is 23.3. The summed E-state index contributed by atoms with van der Waals surface area (Å²) in [5.74, 6) is 0.433. The number of aryl methyl sites for hydroxylation is 1. The maximum Gasteiger partial charge on any atom is 0.175 e. The standard InChI is InChI=1S/C12H15N3O2S/c1-7-4-9(18(3,16)17)5-10(8(7)2)11-6-14-15-12(11)13/h4-6H,1-3H3,(H3,13,14,15). The molecule has 0 saturated heterocycles. The molecule has 0 atom stereocenters. The fraction of sp³-hybridized carbons (Fsp3) is 0.250. The molecule has 0 spiro atoms. The van der Waals surface area contributed by atoms with Crippen LogP contribution >= 0.6 is 0 Å². The molecule has 0 aliphatic carbocycles. The number of nitrogens with zero attached hydrogens (tertiary/aromatic N) is 1. The van der Waals surface area contributed by atoms with Gasteiger partial charge in [-0.3, -0.25) is 5.10 Å². The molecule has 0 amide bonds. The van der Waals surface area contributed by atoms with Crippen LogP contribution in [-0.4, -0.2) is 24.9 Å². The topological polar surface area (TPSA) is 88.8 Å². The zero-order chi connectivity index (χ0) is 13.5. The second kappa shape index (κ2) is 4.13. The van der Waals surface area contributed by atoms with Crippen LogP contribution in [-0.2, 0) is 9.84 Å². The molecule has 0 unspecified atom stereocenters. The molecule has 0 bridgehead atoms. The SMILES string of the molecule is Cc1cc(S(C)(=O)=O)cc(-c2cn[nH]c2N)c1C. The summed E-state index contributed by atoms with van der Waals surface area (Å²) in [4.78, 5) is 0.293. The molecule has 1 aromatic heterocycles. The second-order valence-electron chi connectivity index (χ2n) is 4.38. The van der Waals surface area contributed by atoms with Crippen LogP contribution in [0, 0.1) is 13.8 Å². The predicted octanol–water partition coefficient (Wildman–Crippen LogP) is 1.68. The minimum Gasteiger partial charge on any atom is -0.384 e. The zero-order valence-electron chi connectivity index (χ0n) is 10.5. The predicted molar refractivity (Wildman–Crippen MR) is 71.0 cm³/mol. The van der Waals surface area contributed by atoms with E-state index in [0.29, 0.717) is 10.7 Å². The van der Waals surface area contributed by atoms with Crippen LogP contribution in [0.5, 0.6) is 0 Å². The highest BCUT2D eigenvalue weighted by Crippen LogP contribution is 2.31. The van der Waals surface area contributed by atoms with Gasteiger partial charge in [0.25, 0.3) is 0 Å². The number of aromatic amines is 1. The first-order valence-corrected chi connectivity index (χ1v) is 7.30. The molecule has 3 N–H and O–H groups in total. The summed E-state index contributed by atoms with van der Waals surface area (Å²) in [6.07, 6.45) is 2.79. The fourth-order valence-corrected chi connectivity index (χ4v) is 2.55. The van der Waals surface area contributed by atoms with Crippen molar-refractivity contribution in [1.29, 1.82) is 0 Å². The van der Waals surface area contributed by atoms with Gasteiger partial charge < -0.3 is 5.73 Å². The van der Waals surface area contributed by atoms with Crippen LogP contribution in [0.3, 0.4) is 0 Å². The fourth-order valence-electron chi connectivity index (χ4n) is 1.83. The molecule has 0 aliphatic heterocycles. The average molecular weight is 265 g/mol. The molecular formula is C12H15N3O2S. The highest BCUT2D eigenvalue weighted by molar-refractivity contribution is 7.90. The second-order valence-corrected chi connectivity index (χ2v) is 6.40. The third-order valence-electron chi connectivity index (χ3n) is 3.03. The van der Waals surface area contributed by atoms with Gasteiger partial charge in [-0.1, -0.05) is 0 Å². The van der Waals surface area contributed by atoms with Gasteiger partial charge in [0.1, 0.15) is 5.82 Å². The van der Waals surface area contributed by atoms with E-state index in [0.717, 1.165) is 22.3 Å². The summed E-state index contributed by atoms with van der Waals surface area (Å²) >= 11 is 0. The summed E-state index contributed by atoms with van der Waals surface area (Å²) in [5, 5.41) is 6.51. The van der Waals surface area contributed by atoms with E-state index in [4.69, 9.17) is 5.73 Å². The number of aromatic nitrogens is 2. The van der Waals surface area contributed by atoms with Gasteiger partial charge in [-0.05, 0) is 42.7 Å². The molecular weight excluding hydrogens is 250 g/mol. The van der Waals surface area contributed by atoms with Gasteiger partial charge in [0, 0.05) is 11.8 Å². The molecule has 96 valence electrons. The van der Waals surface area contributed by atoms with Crippen molar-refractivity contribution in [3.8, 4) is 11.1 Å². The Bertz CT molecular complexity index is 702. The number of benzene rings is 1. The molecule has 0 aliphatic rings. The summed E-state index contributed by atoms with van der Waals surface area (Å²) in [5.41, 5.74) is 9.21. The lowest BCUT2D eigenvalue weighted by atomic mass is 9.99. The maximum absolute atomic E-state index is 11.6. The number of nitrogens with two attached hydrogens (primary N) is 1. The monoisotopic (exact) mass is 265 g/mol. The van der Waals surface area contributed by atoms with Crippen LogP contribution in [0.2, 0.25) is 0 Å². The maximum atomic E-state index is 11.6. The van der Waals surface area contributed by atoms with Crippen LogP contribution in [0.4, 0.5) is 5.82 Å². The lowest BCUT2D eigenvalue weighted by molar-refractivity contribution is 0.602. The van der Waals surface area contributed by atoms with Crippen molar-refractivity contribution in [2.45, 2.75) is 18.7 Å². The Morgan fingerprint density at radius 1 is 1.22 bits per heavy atom. The van der Waals surface area contributed by atoms with Crippen LogP contribution in [0.25, 0.3) is 11.1 Å². The number of nitrogens with one attached hydrogen (secondary N) is 1. The number of nitrogen functional groups attached to an aromatic ring is 1. The quantitative estimate of drug-likeness (QED) is 0.864. The highest BCUT2D eigenvalue weighted by Gasteiger charge is 2.15. The normalized spacial score (nSPS) is 11.7. The van der Waals surface area contributed by atoms with E-state index in [9.17, 15) is 8.42 Å². The number of anilines is 1. The van der Waals surface area contributed by atoms with Crippen molar-refractivity contribution in [2.24, 2.45) is 0 Å². The summed E-state index contributed by atoms with van der Waals surface area (Å²) in [7, 11) is -3.24. The first kappa shape index (κ1) is 12.6. The van der Waals surface area contributed by atoms with Gasteiger partial charge in [-0.25, -0.2) is 8.42 Å². The van der Waals surface area contributed by atoms with Gasteiger partial charge in [-0.15, -0.1) is 0 Å². The lowest BCUT2D eigenvalue weighted by Gasteiger charge is -2.10. The average Bonchev–Trinajstić information content (AvgIpc) is 2.67. The van der Waals surface area contributed by atoms with Crippen LogP contribution in [0.1, 0.15) is 11.1 Å². The van der Waals surface area contributed by atoms with Gasteiger partial charge in [0.05, 0.1) is 11.1 Å². The van der Waals surface area contributed by atoms with Crippen molar-refractivity contribution in [3.05, 3.63) is 29.5 Å². The van der Waals surface area contributed by atoms with E-state index in [1.165, 1.54) is 6.26 Å². The first-order valence-electron chi connectivity index (χ1n) is 5.41. The van der Waals surface area contributed by atoms with Crippen molar-refractivity contribution < 1.29 is 8.42 Å². The van der Waals surface area contributed by atoms with Crippen LogP contribution < -0.4 is 5.73 Å². The minimum atomic E-state index is -3.24. The highest BCUT2D eigenvalue weighted by atomic mass is 32.2. The number of rotatable bonds is 2. The Kier molecular flexibility index (Phi) is 2.90. The van der Waals surface area contributed by atoms with E-state index in [1.807, 2.05) is 13.8 Å². The summed E-state index contributed by atoms with van der Waals surface area (Å²) in [6, 6.07) is 3.31. The van der Waals surface area contributed by atoms with Crippen LogP contribution in [0.15, 0.2) is 23.2 Å². The third-order valence-corrected chi connectivity index (χ3v) is 4.12. The van der Waals surface area contributed by atoms with Gasteiger partial charge in [0.2, 0.25) is 0 Å². The number of hydrogen-bond acceptors (Lipinski definition) is 4. The van der Waals surface area contributed by atoms with Gasteiger partial charge in [0.15, 0.2) is 9.84 Å². The Morgan fingerprint density at radius 3 is 2.39 bits per heavy atom. The molecule has 0 radical (unpaired) electrons. The van der Waals surface area contributed by atoms with E-state index < -0.39 is 9.84 Å². The van der Waals surface area contributed by atoms with E-state index in [-0.39, 0.29) is 0 Å². The Hall–Kier alpha value is -1.82. The largest absolute Gasteiger partial charge is 0.384 e. The minimum absolute atomic E-state index is 0.293. The number of sulfone groups is 1. The molecule has 1 heterocycles. The van der Waals surface area contributed by atoms with E-state index in [1.54, 1.807) is 18.3 Å². The Balaban J connectivity index is 2.76. The smallest absolute Gasteiger partial charge is 0.175 e. The van der Waals surface area contributed by atoms with Gasteiger partial charge in [-0.2, -0.15) is 5.10 Å². The van der Waals surface area contributed by atoms with Crippen molar-refractivity contribution in [2.75, 3.05) is 12.0 Å². The van der Waals surface area contributed by atoms with Gasteiger partial charge >= 0.3 is 0 Å². The van der Waals surface area contributed by atoms with E-state index >= 15 is 0 Å². The van der Waals surface area contributed by atoms with Crippen molar-refractivity contribution >= 4 is 15.7 Å².